The summed E-state index contributed by atoms with van der Waals surface area (Å²) in [6, 6.07) is -0.357. The second kappa shape index (κ2) is 2.69. The Morgan fingerprint density at radius 1 is 1.45 bits per heavy atom. The summed E-state index contributed by atoms with van der Waals surface area (Å²) in [6.07, 6.45) is -4.75. The monoisotopic (exact) mass is 168 g/mol. The number of rotatable bonds is 1. The third-order valence-electron chi connectivity index (χ3n) is 1.37. The van der Waals surface area contributed by atoms with Crippen molar-refractivity contribution in [1.29, 1.82) is 0 Å². The molecule has 0 unspecified atom stereocenters. The van der Waals surface area contributed by atoms with Gasteiger partial charge in [0.05, 0.1) is 6.04 Å². The van der Waals surface area contributed by atoms with Crippen LogP contribution in [0.5, 0.6) is 0 Å². The molecule has 0 aromatic rings. The fourth-order valence-corrected chi connectivity index (χ4v) is 0.658. The van der Waals surface area contributed by atoms with Crippen LogP contribution in [0.25, 0.3) is 0 Å². The van der Waals surface area contributed by atoms with Crippen molar-refractivity contribution in [3.63, 3.8) is 0 Å². The summed E-state index contributed by atoms with van der Waals surface area (Å²) in [7, 11) is 0. The van der Waals surface area contributed by atoms with E-state index >= 15 is 0 Å². The lowest BCUT2D eigenvalue weighted by atomic mass is 10.2. The normalized spacial score (nSPS) is 19.2. The maximum atomic E-state index is 11.5. The zero-order chi connectivity index (χ0) is 8.48. The fourth-order valence-electron chi connectivity index (χ4n) is 0.658. The van der Waals surface area contributed by atoms with Crippen molar-refractivity contribution < 1.29 is 18.0 Å². The van der Waals surface area contributed by atoms with E-state index in [0.29, 0.717) is 13.1 Å². The summed E-state index contributed by atoms with van der Waals surface area (Å²) in [5.41, 5.74) is 0. The second-order valence-electron chi connectivity index (χ2n) is 2.33. The molecule has 0 spiro atoms. The van der Waals surface area contributed by atoms with Crippen molar-refractivity contribution in [2.24, 2.45) is 0 Å². The predicted octanol–water partition coefficient (Wildman–Crippen LogP) is -0.363. The highest BCUT2D eigenvalue weighted by Gasteiger charge is 2.40. The Balaban J connectivity index is 2.30. The van der Waals surface area contributed by atoms with Crippen molar-refractivity contribution in [3.8, 4) is 0 Å². The topological polar surface area (TPSA) is 41.1 Å². The molecule has 6 heteroatoms. The Morgan fingerprint density at radius 3 is 2.27 bits per heavy atom. The smallest absolute Gasteiger partial charge is 0.343 e. The highest BCUT2D eigenvalue weighted by atomic mass is 19.4. The van der Waals surface area contributed by atoms with E-state index in [1.165, 1.54) is 0 Å². The SMILES string of the molecule is O=C(NC1CNC1)C(F)(F)F. The van der Waals surface area contributed by atoms with Gasteiger partial charge in [0.2, 0.25) is 0 Å². The molecule has 1 fully saturated rings. The van der Waals surface area contributed by atoms with Gasteiger partial charge in [-0.3, -0.25) is 4.79 Å². The van der Waals surface area contributed by atoms with E-state index in [9.17, 15) is 18.0 Å². The summed E-state index contributed by atoms with van der Waals surface area (Å²) in [6.45, 7) is 0.837. The zero-order valence-electron chi connectivity index (χ0n) is 5.53. The summed E-state index contributed by atoms with van der Waals surface area (Å²) < 4.78 is 34.6. The van der Waals surface area contributed by atoms with Crippen molar-refractivity contribution in [1.82, 2.24) is 10.6 Å². The highest BCUT2D eigenvalue weighted by molar-refractivity contribution is 5.82. The molecule has 0 saturated carbocycles. The third kappa shape index (κ3) is 2.07. The molecule has 0 atom stereocenters. The standard InChI is InChI=1S/C5H7F3N2O/c6-5(7,8)4(11)10-3-1-9-2-3/h3,9H,1-2H2,(H,10,11). The lowest BCUT2D eigenvalue weighted by Crippen LogP contribution is -2.59. The van der Waals surface area contributed by atoms with Crippen LogP contribution in [0, 0.1) is 0 Å². The zero-order valence-corrected chi connectivity index (χ0v) is 5.53. The van der Waals surface area contributed by atoms with Crippen LogP contribution in [0.15, 0.2) is 0 Å². The molecule has 1 amide bonds. The van der Waals surface area contributed by atoms with Crippen molar-refractivity contribution in [3.05, 3.63) is 0 Å². The number of alkyl halides is 3. The predicted molar refractivity (Wildman–Crippen MR) is 30.9 cm³/mol. The molecular weight excluding hydrogens is 161 g/mol. The van der Waals surface area contributed by atoms with Crippen molar-refractivity contribution in [2.75, 3.05) is 13.1 Å². The molecule has 1 rings (SSSR count). The van der Waals surface area contributed by atoms with Gasteiger partial charge in [0.25, 0.3) is 0 Å². The number of nitrogens with one attached hydrogen (secondary N) is 2. The quantitative estimate of drug-likeness (QED) is 0.561. The van der Waals surface area contributed by atoms with Crippen LogP contribution in [0.3, 0.4) is 0 Å². The second-order valence-corrected chi connectivity index (χ2v) is 2.33. The minimum absolute atomic E-state index is 0.357. The molecule has 11 heavy (non-hydrogen) atoms. The first-order valence-corrected chi connectivity index (χ1v) is 3.08. The molecule has 1 aliphatic rings. The number of hydrogen-bond acceptors (Lipinski definition) is 2. The Labute approximate surface area is 61.0 Å². The van der Waals surface area contributed by atoms with Crippen LogP contribution in [-0.4, -0.2) is 31.2 Å². The number of amides is 1. The minimum Gasteiger partial charge on any atom is -0.343 e. The Kier molecular flexibility index (Phi) is 2.03. The molecule has 0 aromatic carbocycles. The van der Waals surface area contributed by atoms with Gasteiger partial charge in [-0.25, -0.2) is 0 Å². The molecular formula is C5H7F3N2O. The van der Waals surface area contributed by atoms with Crippen molar-refractivity contribution >= 4 is 5.91 Å². The van der Waals surface area contributed by atoms with E-state index in [-0.39, 0.29) is 6.04 Å². The van der Waals surface area contributed by atoms with Crippen LogP contribution >= 0.6 is 0 Å². The maximum Gasteiger partial charge on any atom is 0.471 e. The lowest BCUT2D eigenvalue weighted by molar-refractivity contribution is -0.174. The molecule has 0 radical (unpaired) electrons. The summed E-state index contributed by atoms with van der Waals surface area (Å²) in [5.74, 6) is -1.86. The molecule has 2 N–H and O–H groups in total. The van der Waals surface area contributed by atoms with E-state index in [1.54, 1.807) is 0 Å². The van der Waals surface area contributed by atoms with Gasteiger partial charge in [-0.2, -0.15) is 13.2 Å². The highest BCUT2D eigenvalue weighted by Crippen LogP contribution is 2.14. The molecule has 1 heterocycles. The summed E-state index contributed by atoms with van der Waals surface area (Å²) >= 11 is 0. The van der Waals surface area contributed by atoms with Gasteiger partial charge in [0, 0.05) is 13.1 Å². The molecule has 0 bridgehead atoms. The molecule has 0 aliphatic carbocycles. The average Bonchev–Trinajstić information content (AvgIpc) is 1.75. The number of carbonyl (C=O) groups excluding carboxylic acids is 1. The van der Waals surface area contributed by atoms with Gasteiger partial charge in [-0.15, -0.1) is 0 Å². The average molecular weight is 168 g/mol. The molecule has 1 saturated heterocycles. The van der Waals surface area contributed by atoms with Crippen LogP contribution in [-0.2, 0) is 4.79 Å². The maximum absolute atomic E-state index is 11.5. The first-order valence-electron chi connectivity index (χ1n) is 3.08. The van der Waals surface area contributed by atoms with E-state index in [1.807, 2.05) is 5.32 Å². The van der Waals surface area contributed by atoms with Gasteiger partial charge >= 0.3 is 12.1 Å². The van der Waals surface area contributed by atoms with Crippen molar-refractivity contribution in [2.45, 2.75) is 12.2 Å². The largest absolute Gasteiger partial charge is 0.471 e. The van der Waals surface area contributed by atoms with Gasteiger partial charge in [0.15, 0.2) is 0 Å². The van der Waals surface area contributed by atoms with E-state index in [0.717, 1.165) is 0 Å². The van der Waals surface area contributed by atoms with Crippen LogP contribution in [0.2, 0.25) is 0 Å². The Morgan fingerprint density at radius 2 is 2.00 bits per heavy atom. The van der Waals surface area contributed by atoms with Gasteiger partial charge < -0.3 is 10.6 Å². The fraction of sp³-hybridized carbons (Fsp3) is 0.800. The first-order chi connectivity index (χ1) is 5.00. The summed E-state index contributed by atoms with van der Waals surface area (Å²) in [5, 5.41) is 4.57. The Bertz CT molecular complexity index is 164. The summed E-state index contributed by atoms with van der Waals surface area (Å²) in [4.78, 5) is 10.2. The van der Waals surface area contributed by atoms with E-state index < -0.39 is 12.1 Å². The van der Waals surface area contributed by atoms with E-state index in [2.05, 4.69) is 5.32 Å². The minimum atomic E-state index is -4.75. The number of halogens is 3. The van der Waals surface area contributed by atoms with Gasteiger partial charge in [-0.05, 0) is 0 Å². The Hall–Kier alpha value is -0.780. The molecule has 3 nitrogen and oxygen atoms in total. The lowest BCUT2D eigenvalue weighted by Gasteiger charge is -2.28. The van der Waals surface area contributed by atoms with Gasteiger partial charge in [-0.1, -0.05) is 0 Å². The van der Waals surface area contributed by atoms with Gasteiger partial charge in [0.1, 0.15) is 0 Å². The number of hydrogen-bond donors (Lipinski definition) is 2. The first kappa shape index (κ1) is 8.32. The van der Waals surface area contributed by atoms with Crippen LogP contribution in [0.4, 0.5) is 13.2 Å². The molecule has 0 aromatic heterocycles. The van der Waals surface area contributed by atoms with Crippen LogP contribution < -0.4 is 10.6 Å². The molecule has 1 aliphatic heterocycles. The molecule has 64 valence electrons. The third-order valence-corrected chi connectivity index (χ3v) is 1.37. The van der Waals surface area contributed by atoms with Crippen LogP contribution in [0.1, 0.15) is 0 Å². The van der Waals surface area contributed by atoms with E-state index in [4.69, 9.17) is 0 Å². The number of carbonyl (C=O) groups is 1.